The molecule has 0 saturated heterocycles. The topological polar surface area (TPSA) is 9.23 Å². The van der Waals surface area contributed by atoms with Gasteiger partial charge in [-0.2, -0.15) is 13.2 Å². The zero-order valence-electron chi connectivity index (χ0n) is 10.7. The molecule has 2 rings (SSSR count). The van der Waals surface area contributed by atoms with E-state index in [1.54, 1.807) is 24.3 Å². The summed E-state index contributed by atoms with van der Waals surface area (Å²) in [6, 6.07) is 11.0. The zero-order valence-corrected chi connectivity index (χ0v) is 12.3. The average Bonchev–Trinajstić information content (AvgIpc) is 2.38. The van der Waals surface area contributed by atoms with Crippen molar-refractivity contribution in [3.8, 4) is 11.5 Å². The Morgan fingerprint density at radius 2 is 1.85 bits per heavy atom. The maximum absolute atomic E-state index is 13.1. The molecule has 2 aromatic carbocycles. The molecule has 2 aromatic rings. The number of ether oxygens (including phenoxy) is 1. The third kappa shape index (κ3) is 3.54. The minimum atomic E-state index is -4.45. The Hall–Kier alpha value is -1.49. The monoisotopic (exact) mass is 344 g/mol. The molecule has 0 unspecified atom stereocenters. The van der Waals surface area contributed by atoms with Crippen molar-refractivity contribution in [1.82, 2.24) is 0 Å². The van der Waals surface area contributed by atoms with Crippen molar-refractivity contribution in [3.63, 3.8) is 0 Å². The van der Waals surface area contributed by atoms with Crippen LogP contribution >= 0.6 is 15.9 Å². The van der Waals surface area contributed by atoms with Crippen molar-refractivity contribution in [2.75, 3.05) is 0 Å². The van der Waals surface area contributed by atoms with Crippen LogP contribution in [0.5, 0.6) is 11.5 Å². The molecular weight excluding hydrogens is 333 g/mol. The van der Waals surface area contributed by atoms with Crippen LogP contribution < -0.4 is 4.74 Å². The standard InChI is InChI=1S/C15H12BrF3O/c1-10-3-2-4-12(7-10)20-14-6-5-11(9-16)8-13(14)15(17,18)19/h2-8H,9H2,1H3. The lowest BCUT2D eigenvalue weighted by atomic mass is 10.1. The van der Waals surface area contributed by atoms with Crippen molar-refractivity contribution >= 4 is 15.9 Å². The first-order valence-corrected chi connectivity index (χ1v) is 7.03. The molecule has 1 nitrogen and oxygen atoms in total. The van der Waals surface area contributed by atoms with Gasteiger partial charge in [0.15, 0.2) is 0 Å². The molecular formula is C15H12BrF3O. The van der Waals surface area contributed by atoms with E-state index in [-0.39, 0.29) is 5.75 Å². The lowest BCUT2D eigenvalue weighted by Crippen LogP contribution is -2.07. The highest BCUT2D eigenvalue weighted by atomic mass is 79.9. The van der Waals surface area contributed by atoms with Crippen LogP contribution in [-0.2, 0) is 11.5 Å². The normalized spacial score (nSPS) is 11.4. The second-order valence-corrected chi connectivity index (χ2v) is 4.94. The molecule has 0 heterocycles. The summed E-state index contributed by atoms with van der Waals surface area (Å²) in [7, 11) is 0. The number of halogens is 4. The molecule has 0 amide bonds. The number of rotatable bonds is 3. The zero-order chi connectivity index (χ0) is 14.8. The summed E-state index contributed by atoms with van der Waals surface area (Å²) >= 11 is 3.15. The lowest BCUT2D eigenvalue weighted by Gasteiger charge is -2.15. The van der Waals surface area contributed by atoms with E-state index in [0.29, 0.717) is 16.6 Å². The number of hydrogen-bond acceptors (Lipinski definition) is 1. The summed E-state index contributed by atoms with van der Waals surface area (Å²) in [5, 5.41) is 0.362. The van der Waals surface area contributed by atoms with E-state index in [4.69, 9.17) is 4.74 Å². The summed E-state index contributed by atoms with van der Waals surface area (Å²) in [6.07, 6.45) is -4.45. The highest BCUT2D eigenvalue weighted by Gasteiger charge is 2.34. The van der Waals surface area contributed by atoms with Gasteiger partial charge >= 0.3 is 6.18 Å². The Morgan fingerprint density at radius 1 is 1.10 bits per heavy atom. The first-order chi connectivity index (χ1) is 9.40. The van der Waals surface area contributed by atoms with E-state index in [1.807, 2.05) is 13.0 Å². The van der Waals surface area contributed by atoms with Gasteiger partial charge in [0.1, 0.15) is 11.5 Å². The molecule has 0 bridgehead atoms. The molecule has 5 heteroatoms. The van der Waals surface area contributed by atoms with E-state index in [0.717, 1.165) is 11.6 Å². The fourth-order valence-corrected chi connectivity index (χ4v) is 2.13. The van der Waals surface area contributed by atoms with Crippen LogP contribution in [0.15, 0.2) is 42.5 Å². The molecule has 0 aromatic heterocycles. The number of alkyl halides is 4. The summed E-state index contributed by atoms with van der Waals surface area (Å²) in [5.74, 6) is 0.204. The van der Waals surface area contributed by atoms with Crippen molar-refractivity contribution in [1.29, 1.82) is 0 Å². The summed E-state index contributed by atoms with van der Waals surface area (Å²) in [4.78, 5) is 0. The molecule has 0 radical (unpaired) electrons. The molecule has 0 N–H and O–H groups in total. The summed E-state index contributed by atoms with van der Waals surface area (Å²) in [6.45, 7) is 1.85. The quantitative estimate of drug-likeness (QED) is 0.649. The average molecular weight is 345 g/mol. The molecule has 0 atom stereocenters. The van der Waals surface area contributed by atoms with Crippen molar-refractivity contribution < 1.29 is 17.9 Å². The Balaban J connectivity index is 2.41. The number of aryl methyl sites for hydroxylation is 1. The van der Waals surface area contributed by atoms with Crippen molar-refractivity contribution in [3.05, 3.63) is 59.2 Å². The van der Waals surface area contributed by atoms with Crippen molar-refractivity contribution in [2.45, 2.75) is 18.4 Å². The van der Waals surface area contributed by atoms with Gasteiger partial charge in [-0.05, 0) is 42.3 Å². The predicted octanol–water partition coefficient (Wildman–Crippen LogP) is 5.70. The highest BCUT2D eigenvalue weighted by molar-refractivity contribution is 9.08. The van der Waals surface area contributed by atoms with E-state index in [2.05, 4.69) is 15.9 Å². The first-order valence-electron chi connectivity index (χ1n) is 5.91. The molecule has 0 aliphatic carbocycles. The molecule has 0 aliphatic heterocycles. The van der Waals surface area contributed by atoms with Gasteiger partial charge in [0.2, 0.25) is 0 Å². The van der Waals surface area contributed by atoms with Crippen LogP contribution in [0.1, 0.15) is 16.7 Å². The first kappa shape index (κ1) is 14.9. The van der Waals surface area contributed by atoms with Crippen LogP contribution in [0.4, 0.5) is 13.2 Å². The smallest absolute Gasteiger partial charge is 0.419 e. The Kier molecular flexibility index (Phi) is 4.38. The van der Waals surface area contributed by atoms with Crippen LogP contribution in [0, 0.1) is 6.92 Å². The maximum Gasteiger partial charge on any atom is 0.419 e. The fraction of sp³-hybridized carbons (Fsp3) is 0.200. The van der Waals surface area contributed by atoms with Gasteiger partial charge < -0.3 is 4.74 Å². The third-order valence-electron chi connectivity index (χ3n) is 2.72. The third-order valence-corrected chi connectivity index (χ3v) is 3.37. The number of benzene rings is 2. The fourth-order valence-electron chi connectivity index (χ4n) is 1.78. The van der Waals surface area contributed by atoms with E-state index in [1.165, 1.54) is 6.07 Å². The van der Waals surface area contributed by atoms with Gasteiger partial charge in [-0.3, -0.25) is 0 Å². The Bertz CT molecular complexity index is 608. The molecule has 0 aliphatic rings. The van der Waals surface area contributed by atoms with Crippen molar-refractivity contribution in [2.24, 2.45) is 0 Å². The second-order valence-electron chi connectivity index (χ2n) is 4.38. The molecule has 20 heavy (non-hydrogen) atoms. The Morgan fingerprint density at radius 3 is 2.45 bits per heavy atom. The molecule has 0 fully saturated rings. The van der Waals surface area contributed by atoms with Crippen LogP contribution in [0.25, 0.3) is 0 Å². The molecule has 0 saturated carbocycles. The van der Waals surface area contributed by atoms with Gasteiger partial charge in [0, 0.05) is 5.33 Å². The minimum Gasteiger partial charge on any atom is -0.457 e. The van der Waals surface area contributed by atoms with Gasteiger partial charge in [-0.1, -0.05) is 34.1 Å². The van der Waals surface area contributed by atoms with E-state index in [9.17, 15) is 13.2 Å². The SMILES string of the molecule is Cc1cccc(Oc2ccc(CBr)cc2C(F)(F)F)c1. The van der Waals surface area contributed by atoms with Gasteiger partial charge in [-0.15, -0.1) is 0 Å². The van der Waals surface area contributed by atoms with Gasteiger partial charge in [-0.25, -0.2) is 0 Å². The van der Waals surface area contributed by atoms with Crippen LogP contribution in [0.2, 0.25) is 0 Å². The lowest BCUT2D eigenvalue weighted by molar-refractivity contribution is -0.138. The predicted molar refractivity (Wildman–Crippen MR) is 75.3 cm³/mol. The Labute approximate surface area is 123 Å². The summed E-state index contributed by atoms with van der Waals surface area (Å²) in [5.41, 5.74) is 0.706. The van der Waals surface area contributed by atoms with E-state index < -0.39 is 11.7 Å². The van der Waals surface area contributed by atoms with Crippen LogP contribution in [-0.4, -0.2) is 0 Å². The number of hydrogen-bond donors (Lipinski definition) is 0. The second kappa shape index (κ2) is 5.87. The molecule has 0 spiro atoms. The largest absolute Gasteiger partial charge is 0.457 e. The van der Waals surface area contributed by atoms with Gasteiger partial charge in [0.25, 0.3) is 0 Å². The summed E-state index contributed by atoms with van der Waals surface area (Å²) < 4.78 is 44.5. The maximum atomic E-state index is 13.1. The van der Waals surface area contributed by atoms with Gasteiger partial charge in [0.05, 0.1) is 5.56 Å². The molecule has 106 valence electrons. The van der Waals surface area contributed by atoms with E-state index >= 15 is 0 Å². The van der Waals surface area contributed by atoms with Crippen LogP contribution in [0.3, 0.4) is 0 Å². The highest BCUT2D eigenvalue weighted by Crippen LogP contribution is 2.39. The minimum absolute atomic E-state index is 0.187.